The van der Waals surface area contributed by atoms with Gasteiger partial charge in [0.15, 0.2) is 5.78 Å². The first-order valence-corrected chi connectivity index (χ1v) is 11.2. The number of benzene rings is 4. The van der Waals surface area contributed by atoms with Gasteiger partial charge >= 0.3 is 12.1 Å². The molecule has 0 heterocycles. The zero-order valence-corrected chi connectivity index (χ0v) is 19.5. The van der Waals surface area contributed by atoms with Gasteiger partial charge < -0.3 is 9.47 Å². The van der Waals surface area contributed by atoms with Crippen LogP contribution < -0.4 is 9.64 Å². The lowest BCUT2D eigenvalue weighted by molar-refractivity contribution is 0.0600. The minimum absolute atomic E-state index is 0.208. The molecule has 0 N–H and O–H groups in total. The van der Waals surface area contributed by atoms with E-state index in [4.69, 9.17) is 4.74 Å². The number of anilines is 2. The van der Waals surface area contributed by atoms with Crippen molar-refractivity contribution in [3.05, 3.63) is 132 Å². The van der Waals surface area contributed by atoms with E-state index >= 15 is 0 Å². The molecule has 0 aliphatic rings. The van der Waals surface area contributed by atoms with Crippen molar-refractivity contribution in [2.45, 2.75) is 0 Å². The van der Waals surface area contributed by atoms with Crippen molar-refractivity contribution in [2.24, 2.45) is 0 Å². The van der Waals surface area contributed by atoms with Gasteiger partial charge in [0.25, 0.3) is 0 Å². The number of carbonyl (C=O) groups is 3. The number of hydrogen-bond donors (Lipinski definition) is 0. The first kappa shape index (κ1) is 24.2. The van der Waals surface area contributed by atoms with Gasteiger partial charge in [0.05, 0.1) is 24.0 Å². The maximum absolute atomic E-state index is 13.1. The van der Waals surface area contributed by atoms with Gasteiger partial charge in [-0.05, 0) is 72.3 Å². The van der Waals surface area contributed by atoms with E-state index in [0.29, 0.717) is 28.3 Å². The summed E-state index contributed by atoms with van der Waals surface area (Å²) >= 11 is 0. The van der Waals surface area contributed by atoms with E-state index in [2.05, 4.69) is 4.74 Å². The van der Waals surface area contributed by atoms with Crippen molar-refractivity contribution in [1.82, 2.24) is 0 Å². The normalized spacial score (nSPS) is 10.6. The molecule has 178 valence electrons. The molecule has 0 unspecified atom stereocenters. The van der Waals surface area contributed by atoms with Gasteiger partial charge in [0.2, 0.25) is 0 Å². The molecule has 4 rings (SSSR count). The van der Waals surface area contributed by atoms with E-state index in [1.807, 2.05) is 60.7 Å². The van der Waals surface area contributed by atoms with E-state index in [1.165, 1.54) is 18.1 Å². The minimum atomic E-state index is -0.568. The minimum Gasteiger partial charge on any atom is -0.465 e. The van der Waals surface area contributed by atoms with Crippen LogP contribution in [0.4, 0.5) is 16.2 Å². The topological polar surface area (TPSA) is 72.9 Å². The van der Waals surface area contributed by atoms with Gasteiger partial charge in [-0.25, -0.2) is 14.5 Å². The predicted octanol–water partition coefficient (Wildman–Crippen LogP) is 6.71. The summed E-state index contributed by atoms with van der Waals surface area (Å²) in [4.78, 5) is 38.7. The summed E-state index contributed by atoms with van der Waals surface area (Å²) in [6.45, 7) is 0. The van der Waals surface area contributed by atoms with E-state index in [1.54, 1.807) is 54.6 Å². The average molecular weight is 478 g/mol. The first-order valence-electron chi connectivity index (χ1n) is 11.2. The second-order valence-electron chi connectivity index (χ2n) is 7.71. The van der Waals surface area contributed by atoms with Crippen LogP contribution in [-0.2, 0) is 4.74 Å². The molecular weight excluding hydrogens is 454 g/mol. The highest BCUT2D eigenvalue weighted by Crippen LogP contribution is 2.27. The fourth-order valence-corrected chi connectivity index (χ4v) is 3.46. The summed E-state index contributed by atoms with van der Waals surface area (Å²) in [5.41, 5.74) is 2.99. The number of rotatable bonds is 7. The third-order valence-electron chi connectivity index (χ3n) is 5.31. The van der Waals surface area contributed by atoms with Crippen molar-refractivity contribution >= 4 is 35.3 Å². The Morgan fingerprint density at radius 3 is 1.72 bits per heavy atom. The first-order chi connectivity index (χ1) is 17.5. The summed E-state index contributed by atoms with van der Waals surface area (Å²) in [6, 6.07) is 31.5. The largest absolute Gasteiger partial charge is 0.465 e. The Labute approximate surface area is 209 Å². The van der Waals surface area contributed by atoms with E-state index in [-0.39, 0.29) is 5.78 Å². The number of carbonyl (C=O) groups excluding carboxylic acids is 3. The van der Waals surface area contributed by atoms with Gasteiger partial charge in [-0.2, -0.15) is 0 Å². The highest BCUT2D eigenvalue weighted by atomic mass is 16.6. The number of hydrogen-bond acceptors (Lipinski definition) is 5. The predicted molar refractivity (Wildman–Crippen MR) is 139 cm³/mol. The molecule has 0 saturated heterocycles. The summed E-state index contributed by atoms with van der Waals surface area (Å²) in [6.07, 6.45) is 2.54. The van der Waals surface area contributed by atoms with Gasteiger partial charge in [0.1, 0.15) is 5.75 Å². The fourth-order valence-electron chi connectivity index (χ4n) is 3.46. The van der Waals surface area contributed by atoms with Crippen molar-refractivity contribution in [1.29, 1.82) is 0 Å². The van der Waals surface area contributed by atoms with Crippen LogP contribution in [-0.4, -0.2) is 25.0 Å². The maximum atomic E-state index is 13.1. The van der Waals surface area contributed by atoms with Crippen LogP contribution >= 0.6 is 0 Å². The molecule has 0 bridgehead atoms. The molecule has 4 aromatic carbocycles. The van der Waals surface area contributed by atoms with Gasteiger partial charge in [0, 0.05) is 5.56 Å². The third kappa shape index (κ3) is 5.93. The van der Waals surface area contributed by atoms with Crippen LogP contribution in [0, 0.1) is 0 Å². The van der Waals surface area contributed by atoms with Crippen molar-refractivity contribution < 1.29 is 23.9 Å². The average Bonchev–Trinajstić information content (AvgIpc) is 2.93. The number of ether oxygens (including phenoxy) is 2. The fraction of sp³-hybridized carbons (Fsp3) is 0.0333. The monoisotopic (exact) mass is 477 g/mol. The lowest BCUT2D eigenvalue weighted by Crippen LogP contribution is -2.29. The van der Waals surface area contributed by atoms with Crippen molar-refractivity contribution in [3.63, 3.8) is 0 Å². The van der Waals surface area contributed by atoms with Gasteiger partial charge in [-0.3, -0.25) is 4.79 Å². The van der Waals surface area contributed by atoms with E-state index in [0.717, 1.165) is 5.56 Å². The summed E-state index contributed by atoms with van der Waals surface area (Å²) in [7, 11) is 1.32. The Balaban J connectivity index is 1.44. The second kappa shape index (κ2) is 11.4. The number of methoxy groups -OCH3 is 1. The van der Waals surface area contributed by atoms with Crippen LogP contribution in [0.5, 0.6) is 5.75 Å². The highest BCUT2D eigenvalue weighted by Gasteiger charge is 2.20. The number of para-hydroxylation sites is 2. The Morgan fingerprint density at radius 1 is 0.667 bits per heavy atom. The molecule has 4 aromatic rings. The number of ketones is 1. The SMILES string of the molecule is COC(=O)c1ccc(/C=C/C(=O)c2ccc(OC(=O)N(c3ccccc3)c3ccccc3)cc2)cc1. The maximum Gasteiger partial charge on any atom is 0.424 e. The Hall–Kier alpha value is -4.97. The summed E-state index contributed by atoms with van der Waals surface area (Å²) in [5.74, 6) is -0.311. The lowest BCUT2D eigenvalue weighted by atomic mass is 10.1. The number of allylic oxidation sites excluding steroid dienone is 1. The number of amides is 1. The van der Waals surface area contributed by atoms with Crippen LogP contribution in [0.15, 0.2) is 115 Å². The lowest BCUT2D eigenvalue weighted by Gasteiger charge is -2.22. The molecule has 0 aliphatic heterocycles. The standard InChI is InChI=1S/C30H23NO5/c1-35-29(33)24-15-12-22(13-16-24)14-21-28(32)23-17-19-27(20-18-23)36-30(34)31(25-8-4-2-5-9-25)26-10-6-3-7-11-26/h2-21H,1H3/b21-14+. The summed E-state index contributed by atoms with van der Waals surface area (Å²) < 4.78 is 10.3. The molecule has 0 fully saturated rings. The molecule has 0 aliphatic carbocycles. The molecule has 0 saturated carbocycles. The molecule has 0 spiro atoms. The van der Waals surface area contributed by atoms with Crippen LogP contribution in [0.1, 0.15) is 26.3 Å². The quantitative estimate of drug-likeness (QED) is 0.168. The molecule has 36 heavy (non-hydrogen) atoms. The molecule has 0 aromatic heterocycles. The third-order valence-corrected chi connectivity index (χ3v) is 5.31. The van der Waals surface area contributed by atoms with Crippen LogP contribution in [0.25, 0.3) is 6.08 Å². The van der Waals surface area contributed by atoms with E-state index in [9.17, 15) is 14.4 Å². The summed E-state index contributed by atoms with van der Waals surface area (Å²) in [5, 5.41) is 0. The Morgan fingerprint density at radius 2 is 1.19 bits per heavy atom. The van der Waals surface area contributed by atoms with Crippen molar-refractivity contribution in [3.8, 4) is 5.75 Å². The molecular formula is C30H23NO5. The highest BCUT2D eigenvalue weighted by molar-refractivity contribution is 6.07. The molecule has 0 radical (unpaired) electrons. The zero-order valence-electron chi connectivity index (χ0n) is 19.5. The molecule has 0 atom stereocenters. The molecule has 1 amide bonds. The second-order valence-corrected chi connectivity index (χ2v) is 7.71. The van der Waals surface area contributed by atoms with E-state index < -0.39 is 12.1 Å². The number of esters is 1. The van der Waals surface area contributed by atoms with Gasteiger partial charge in [-0.1, -0.05) is 54.6 Å². The zero-order chi connectivity index (χ0) is 25.3. The van der Waals surface area contributed by atoms with Crippen LogP contribution in [0.2, 0.25) is 0 Å². The number of nitrogens with zero attached hydrogens (tertiary/aromatic N) is 1. The van der Waals surface area contributed by atoms with Crippen molar-refractivity contribution in [2.75, 3.05) is 12.0 Å². The Bertz CT molecular complexity index is 1320. The van der Waals surface area contributed by atoms with Gasteiger partial charge in [-0.15, -0.1) is 0 Å². The Kier molecular flexibility index (Phi) is 7.68. The van der Waals surface area contributed by atoms with Crippen LogP contribution in [0.3, 0.4) is 0 Å². The molecule has 6 heteroatoms. The smallest absolute Gasteiger partial charge is 0.424 e. The molecule has 6 nitrogen and oxygen atoms in total.